The molecule has 0 saturated carbocycles. The third-order valence-electron chi connectivity index (χ3n) is 4.17. The van der Waals surface area contributed by atoms with E-state index in [1.54, 1.807) is 6.07 Å². The second-order valence-corrected chi connectivity index (χ2v) is 6.99. The minimum absolute atomic E-state index is 0.0989. The van der Waals surface area contributed by atoms with E-state index in [9.17, 15) is 4.79 Å². The van der Waals surface area contributed by atoms with Crippen LogP contribution >= 0.6 is 0 Å². The van der Waals surface area contributed by atoms with E-state index in [1.165, 1.54) is 0 Å². The molecule has 0 unspecified atom stereocenters. The standard InChI is InChI=1S/C22H23NO/c1-22(2,3)23(16-17-10-5-4-6-11-17)21(24)20-15-9-13-18-12-7-8-14-19(18)20/h4-15H,16H2,1-3H3/i15D. The highest BCUT2D eigenvalue weighted by Gasteiger charge is 2.28. The van der Waals surface area contributed by atoms with Gasteiger partial charge in [0, 0.05) is 17.6 Å². The van der Waals surface area contributed by atoms with Gasteiger partial charge in [-0.3, -0.25) is 4.79 Å². The fourth-order valence-corrected chi connectivity index (χ4v) is 2.85. The Labute approximate surface area is 145 Å². The smallest absolute Gasteiger partial charge is 0.255 e. The van der Waals surface area contributed by atoms with E-state index in [0.717, 1.165) is 16.3 Å². The van der Waals surface area contributed by atoms with Crippen LogP contribution in [0.15, 0.2) is 72.8 Å². The number of hydrogen-bond acceptors (Lipinski definition) is 1. The van der Waals surface area contributed by atoms with E-state index >= 15 is 0 Å². The highest BCUT2D eigenvalue weighted by Crippen LogP contribution is 2.25. The summed E-state index contributed by atoms with van der Waals surface area (Å²) in [6.07, 6.45) is 0. The van der Waals surface area contributed by atoms with Gasteiger partial charge < -0.3 is 4.90 Å². The van der Waals surface area contributed by atoms with E-state index in [2.05, 4.69) is 0 Å². The second-order valence-electron chi connectivity index (χ2n) is 6.99. The molecular formula is C22H23NO. The van der Waals surface area contributed by atoms with Crippen molar-refractivity contribution in [1.29, 1.82) is 0 Å². The summed E-state index contributed by atoms with van der Waals surface area (Å²) in [5.41, 5.74) is 1.21. The number of carbonyl (C=O) groups is 1. The van der Waals surface area contributed by atoms with Crippen LogP contribution in [-0.2, 0) is 6.54 Å². The number of rotatable bonds is 3. The molecule has 0 aromatic heterocycles. The lowest BCUT2D eigenvalue weighted by Gasteiger charge is -2.36. The first-order valence-electron chi connectivity index (χ1n) is 8.72. The molecule has 24 heavy (non-hydrogen) atoms. The molecule has 0 bridgehead atoms. The monoisotopic (exact) mass is 318 g/mol. The zero-order valence-corrected chi connectivity index (χ0v) is 14.4. The SMILES string of the molecule is [2H]c1ccc2ccccc2c1C(=O)N(Cc1ccccc1)C(C)(C)C. The van der Waals surface area contributed by atoms with Crippen molar-refractivity contribution in [2.45, 2.75) is 32.9 Å². The van der Waals surface area contributed by atoms with E-state index in [0.29, 0.717) is 12.1 Å². The molecule has 2 nitrogen and oxygen atoms in total. The molecule has 2 heteroatoms. The minimum atomic E-state index is -0.351. The Morgan fingerprint density at radius 2 is 1.58 bits per heavy atom. The van der Waals surface area contributed by atoms with Gasteiger partial charge in [-0.2, -0.15) is 0 Å². The molecule has 0 atom stereocenters. The second kappa shape index (κ2) is 6.48. The van der Waals surface area contributed by atoms with E-state index in [1.807, 2.05) is 86.3 Å². The zero-order chi connectivity index (χ0) is 18.0. The number of amides is 1. The van der Waals surface area contributed by atoms with Gasteiger partial charge in [0.2, 0.25) is 0 Å². The molecule has 0 aliphatic heterocycles. The van der Waals surface area contributed by atoms with Crippen LogP contribution in [0.3, 0.4) is 0 Å². The first-order valence-corrected chi connectivity index (χ1v) is 8.22. The number of fused-ring (bicyclic) bond motifs is 1. The first-order chi connectivity index (χ1) is 11.9. The molecular weight excluding hydrogens is 294 g/mol. The van der Waals surface area contributed by atoms with Gasteiger partial charge in [-0.15, -0.1) is 0 Å². The van der Waals surface area contributed by atoms with Gasteiger partial charge in [0.15, 0.2) is 0 Å². The number of nitrogens with zero attached hydrogens (tertiary/aromatic N) is 1. The molecule has 0 N–H and O–H groups in total. The Bertz CT molecular complexity index is 897. The fourth-order valence-electron chi connectivity index (χ4n) is 2.85. The van der Waals surface area contributed by atoms with E-state index in [-0.39, 0.29) is 17.5 Å². The van der Waals surface area contributed by atoms with Gasteiger partial charge in [-0.25, -0.2) is 0 Å². The van der Waals surface area contributed by atoms with Gasteiger partial charge in [0.25, 0.3) is 5.91 Å². The zero-order valence-electron chi connectivity index (χ0n) is 15.4. The Hall–Kier alpha value is -2.61. The van der Waals surface area contributed by atoms with Crippen molar-refractivity contribution < 1.29 is 6.17 Å². The summed E-state index contributed by atoms with van der Waals surface area (Å²) in [5, 5.41) is 1.82. The van der Waals surface area contributed by atoms with Crippen molar-refractivity contribution in [3.05, 3.63) is 83.9 Å². The molecule has 0 radical (unpaired) electrons. The quantitative estimate of drug-likeness (QED) is 0.643. The number of carbonyl (C=O) groups excluding carboxylic acids is 1. The lowest BCUT2D eigenvalue weighted by Crippen LogP contribution is -2.45. The molecule has 3 rings (SSSR count). The molecule has 3 aromatic rings. The van der Waals surface area contributed by atoms with Crippen LogP contribution in [0.25, 0.3) is 10.8 Å². The topological polar surface area (TPSA) is 20.3 Å². The summed E-state index contributed by atoms with van der Waals surface area (Å²) in [6.45, 7) is 6.61. The third-order valence-corrected chi connectivity index (χ3v) is 4.17. The predicted molar refractivity (Wildman–Crippen MR) is 100 cm³/mol. The van der Waals surface area contributed by atoms with Gasteiger partial charge >= 0.3 is 0 Å². The van der Waals surface area contributed by atoms with Crippen LogP contribution in [0.4, 0.5) is 0 Å². The summed E-state index contributed by atoms with van der Waals surface area (Å²) in [4.78, 5) is 15.3. The molecule has 0 fully saturated rings. The highest BCUT2D eigenvalue weighted by molar-refractivity contribution is 6.07. The summed E-state index contributed by atoms with van der Waals surface area (Å²) < 4.78 is 8.31. The van der Waals surface area contributed by atoms with Crippen molar-refractivity contribution >= 4 is 16.7 Å². The largest absolute Gasteiger partial charge is 0.329 e. The number of benzene rings is 3. The molecule has 3 aromatic carbocycles. The van der Waals surface area contributed by atoms with Crippen LogP contribution in [0, 0.1) is 0 Å². The molecule has 0 aliphatic carbocycles. The Kier molecular flexibility index (Phi) is 4.04. The molecule has 0 saturated heterocycles. The van der Waals surface area contributed by atoms with Crippen LogP contribution in [0.1, 0.15) is 38.1 Å². The summed E-state index contributed by atoms with van der Waals surface area (Å²) in [7, 11) is 0. The maximum absolute atomic E-state index is 13.4. The molecule has 0 heterocycles. The average Bonchev–Trinajstić information content (AvgIpc) is 2.59. The molecule has 0 spiro atoms. The van der Waals surface area contributed by atoms with Crippen LogP contribution < -0.4 is 0 Å². The fraction of sp³-hybridized carbons (Fsp3) is 0.227. The number of hydrogen-bond donors (Lipinski definition) is 0. The van der Waals surface area contributed by atoms with Crippen molar-refractivity contribution in [2.24, 2.45) is 0 Å². The minimum Gasteiger partial charge on any atom is -0.329 e. The third kappa shape index (κ3) is 3.33. The summed E-state index contributed by atoms with van der Waals surface area (Å²) in [5.74, 6) is -0.0989. The lowest BCUT2D eigenvalue weighted by atomic mass is 9.99. The van der Waals surface area contributed by atoms with E-state index < -0.39 is 0 Å². The average molecular weight is 318 g/mol. The van der Waals surface area contributed by atoms with Crippen LogP contribution in [0.5, 0.6) is 0 Å². The Morgan fingerprint density at radius 1 is 0.958 bits per heavy atom. The van der Waals surface area contributed by atoms with Crippen LogP contribution in [-0.4, -0.2) is 16.3 Å². The van der Waals surface area contributed by atoms with Crippen molar-refractivity contribution in [2.75, 3.05) is 0 Å². The van der Waals surface area contributed by atoms with Gasteiger partial charge in [-0.05, 0) is 43.1 Å². The van der Waals surface area contributed by atoms with Gasteiger partial charge in [0.1, 0.15) is 0 Å². The lowest BCUT2D eigenvalue weighted by molar-refractivity contribution is 0.0561. The molecule has 1 amide bonds. The highest BCUT2D eigenvalue weighted by atomic mass is 16.2. The van der Waals surface area contributed by atoms with Gasteiger partial charge in [-0.1, -0.05) is 66.7 Å². The predicted octanol–water partition coefficient (Wildman–Crippen LogP) is 5.28. The van der Waals surface area contributed by atoms with Crippen molar-refractivity contribution in [3.63, 3.8) is 0 Å². The van der Waals surface area contributed by atoms with Crippen LogP contribution in [0.2, 0.25) is 0 Å². The van der Waals surface area contributed by atoms with Crippen molar-refractivity contribution in [1.82, 2.24) is 4.90 Å². The Balaban J connectivity index is 2.08. The maximum atomic E-state index is 13.4. The maximum Gasteiger partial charge on any atom is 0.255 e. The Morgan fingerprint density at radius 3 is 2.29 bits per heavy atom. The van der Waals surface area contributed by atoms with Gasteiger partial charge in [0.05, 0.1) is 1.37 Å². The normalized spacial score (nSPS) is 12.0. The molecule has 0 aliphatic rings. The van der Waals surface area contributed by atoms with Crippen molar-refractivity contribution in [3.8, 4) is 0 Å². The first kappa shape index (κ1) is 14.9. The van der Waals surface area contributed by atoms with E-state index in [4.69, 9.17) is 1.37 Å². The molecule has 122 valence electrons. The summed E-state index contributed by atoms with van der Waals surface area (Å²) >= 11 is 0. The summed E-state index contributed by atoms with van der Waals surface area (Å²) in [6, 6.07) is 21.6.